The van der Waals surface area contributed by atoms with Crippen molar-refractivity contribution in [3.63, 3.8) is 0 Å². The number of aromatic nitrogens is 2. The molecule has 39 heavy (non-hydrogen) atoms. The molecule has 18 heteroatoms. The van der Waals surface area contributed by atoms with Crippen LogP contribution in [0.1, 0.15) is 16.2 Å². The summed E-state index contributed by atoms with van der Waals surface area (Å²) >= 11 is 0. The number of hydrogen-bond acceptors (Lipinski definition) is 5. The summed E-state index contributed by atoms with van der Waals surface area (Å²) in [6.45, 7) is 0. The molecule has 0 N–H and O–H groups in total. The molecule has 0 spiro atoms. The van der Waals surface area contributed by atoms with Crippen molar-refractivity contribution in [2.45, 2.75) is 22.4 Å². The molecular formula is C21H7B9F3N3O3. The van der Waals surface area contributed by atoms with Crippen molar-refractivity contribution in [1.29, 1.82) is 0 Å². The molecule has 0 saturated carbocycles. The number of amides is 1. The van der Waals surface area contributed by atoms with Crippen LogP contribution >= 0.6 is 0 Å². The average Bonchev–Trinajstić information content (AvgIpc) is 2.88. The fourth-order valence-corrected chi connectivity index (χ4v) is 4.02. The fraction of sp³-hybridized carbons (Fsp3) is 0.190. The van der Waals surface area contributed by atoms with Gasteiger partial charge in [-0.3, -0.25) is 4.79 Å². The zero-order chi connectivity index (χ0) is 29.1. The second kappa shape index (κ2) is 9.56. The van der Waals surface area contributed by atoms with Crippen molar-refractivity contribution in [2.75, 3.05) is 0 Å². The van der Waals surface area contributed by atoms with E-state index in [1.165, 1.54) is 30.6 Å². The van der Waals surface area contributed by atoms with Crippen LogP contribution in [0.4, 0.5) is 13.2 Å². The van der Waals surface area contributed by atoms with E-state index in [9.17, 15) is 18.0 Å². The first-order valence-electron chi connectivity index (χ1n) is 10.8. The third-order valence-corrected chi connectivity index (χ3v) is 5.92. The summed E-state index contributed by atoms with van der Waals surface area (Å²) in [6, 6.07) is 5.86. The molecule has 4 rings (SSSR count). The lowest BCUT2D eigenvalue weighted by Crippen LogP contribution is -2.74. The molecule has 3 aromatic rings. The Morgan fingerprint density at radius 3 is 1.97 bits per heavy atom. The normalized spacial score (nSPS) is 16.6. The van der Waals surface area contributed by atoms with E-state index in [-0.39, 0.29) is 33.3 Å². The van der Waals surface area contributed by atoms with Crippen molar-refractivity contribution in [3.8, 4) is 22.6 Å². The minimum Gasteiger partial charge on any atom is -0.506 e. The first-order chi connectivity index (χ1) is 17.9. The van der Waals surface area contributed by atoms with Gasteiger partial charge >= 0.3 is 6.36 Å². The quantitative estimate of drug-likeness (QED) is 0.365. The number of carbonyl (C=O) groups excluding carboxylic acids is 1. The molecule has 0 bridgehead atoms. The van der Waals surface area contributed by atoms with E-state index in [2.05, 4.69) is 14.7 Å². The highest BCUT2D eigenvalue weighted by Gasteiger charge is 2.53. The van der Waals surface area contributed by atoms with Crippen molar-refractivity contribution in [2.24, 2.45) is 0 Å². The molecule has 0 saturated heterocycles. The van der Waals surface area contributed by atoms with E-state index in [4.69, 9.17) is 75.4 Å². The molecule has 0 unspecified atom stereocenters. The zero-order valence-corrected chi connectivity index (χ0v) is 19.9. The van der Waals surface area contributed by atoms with Gasteiger partial charge in [0.1, 0.15) is 72.2 Å². The van der Waals surface area contributed by atoms with Crippen LogP contribution in [0.25, 0.3) is 11.1 Å². The molecule has 1 aliphatic rings. The van der Waals surface area contributed by atoms with Gasteiger partial charge in [0.15, 0.2) is 0 Å². The van der Waals surface area contributed by atoms with Gasteiger partial charge in [0, 0.05) is 23.1 Å². The SMILES string of the molecule is [B]c1c([B])c(-c2ccc(OC(F)(F)F)cc2)c([B])c2c1OC([B])([B])C([B])([B])N(C([B])([B])c1ncccn1)C2=O. The van der Waals surface area contributed by atoms with Crippen molar-refractivity contribution >= 4 is 92.9 Å². The van der Waals surface area contributed by atoms with Crippen LogP contribution in [-0.2, 0) is 5.34 Å². The maximum Gasteiger partial charge on any atom is 0.573 e. The molecular weight excluding hydrogens is 497 g/mol. The highest BCUT2D eigenvalue weighted by atomic mass is 19.4. The second-order valence-electron chi connectivity index (χ2n) is 8.65. The molecule has 172 valence electrons. The molecule has 1 aliphatic heterocycles. The summed E-state index contributed by atoms with van der Waals surface area (Å²) < 4.78 is 47.3. The Hall–Kier alpha value is -3.04. The van der Waals surface area contributed by atoms with Gasteiger partial charge < -0.3 is 14.4 Å². The van der Waals surface area contributed by atoms with Crippen molar-refractivity contribution in [3.05, 3.63) is 54.1 Å². The summed E-state index contributed by atoms with van der Waals surface area (Å²) in [4.78, 5) is 22.5. The van der Waals surface area contributed by atoms with Crippen LogP contribution in [0, 0.1) is 0 Å². The number of rotatable bonds is 4. The summed E-state index contributed by atoms with van der Waals surface area (Å²) in [6.07, 6.45) is -2.35. The Kier molecular flexibility index (Phi) is 7.10. The Labute approximate surface area is 234 Å². The molecule has 2 heterocycles. The van der Waals surface area contributed by atoms with E-state index in [1.54, 1.807) is 0 Å². The van der Waals surface area contributed by atoms with Gasteiger partial charge in [-0.25, -0.2) is 9.97 Å². The molecule has 0 aliphatic carbocycles. The Morgan fingerprint density at radius 2 is 1.44 bits per heavy atom. The summed E-state index contributed by atoms with van der Waals surface area (Å²) in [5, 5.41) is -7.72. The Bertz CT molecular complexity index is 1440. The molecule has 1 amide bonds. The number of halogens is 3. The topological polar surface area (TPSA) is 64.6 Å². The Balaban J connectivity index is 1.96. The van der Waals surface area contributed by atoms with Crippen LogP contribution in [0.3, 0.4) is 0 Å². The minimum absolute atomic E-state index is 0.0569. The van der Waals surface area contributed by atoms with E-state index in [0.29, 0.717) is 4.90 Å². The number of alkyl halides is 3. The highest BCUT2D eigenvalue weighted by Crippen LogP contribution is 2.38. The van der Waals surface area contributed by atoms with Crippen molar-refractivity contribution in [1.82, 2.24) is 14.9 Å². The van der Waals surface area contributed by atoms with E-state index < -0.39 is 45.4 Å². The van der Waals surface area contributed by atoms with E-state index >= 15 is 0 Å². The van der Waals surface area contributed by atoms with E-state index in [1.807, 2.05) is 0 Å². The van der Waals surface area contributed by atoms with Gasteiger partial charge in [0.25, 0.3) is 5.91 Å². The fourth-order valence-electron chi connectivity index (χ4n) is 4.02. The lowest BCUT2D eigenvalue weighted by atomic mass is 9.37. The van der Waals surface area contributed by atoms with Gasteiger partial charge in [0.05, 0.1) is 21.3 Å². The lowest BCUT2D eigenvalue weighted by molar-refractivity contribution is -0.274. The first-order valence-corrected chi connectivity index (χ1v) is 10.8. The molecule has 2 aromatic carbocycles. The Morgan fingerprint density at radius 1 is 0.872 bits per heavy atom. The van der Waals surface area contributed by atoms with Crippen LogP contribution < -0.4 is 25.9 Å². The predicted molar refractivity (Wildman–Crippen MR) is 145 cm³/mol. The third-order valence-electron chi connectivity index (χ3n) is 5.92. The van der Waals surface area contributed by atoms with Crippen LogP contribution in [-0.4, -0.2) is 108 Å². The molecule has 1 aromatic heterocycles. The number of benzene rings is 2. The lowest BCUT2D eigenvalue weighted by Gasteiger charge is -2.55. The largest absolute Gasteiger partial charge is 0.573 e. The maximum absolute atomic E-state index is 14.1. The first kappa shape index (κ1) is 29.0. The number of hydrogen-bond donors (Lipinski definition) is 0. The molecule has 0 fully saturated rings. The average molecular weight is 504 g/mol. The molecule has 6 nitrogen and oxygen atoms in total. The highest BCUT2D eigenvalue weighted by molar-refractivity contribution is 6.59. The molecule has 0 atom stereocenters. The standard InChI is InChI=1S/C21H7B9F3N3O3/c22-12-10(8-2-4-9(5-3-8)38-21(31,32)33)13(23)14(24)15-11(12)16(37)36(19(27,28)20(29,30)39-15)18(25,26)17-34-6-1-7-35-17/h1-7H. The smallest absolute Gasteiger partial charge is 0.506 e. The zero-order valence-electron chi connectivity index (χ0n) is 19.9. The van der Waals surface area contributed by atoms with Gasteiger partial charge in [-0.15, -0.1) is 13.2 Å². The summed E-state index contributed by atoms with van der Waals surface area (Å²) in [5.74, 6) is -2.50. The number of nitrogens with zero attached hydrogens (tertiary/aromatic N) is 3. The van der Waals surface area contributed by atoms with Crippen LogP contribution in [0.15, 0.2) is 42.7 Å². The predicted octanol–water partition coefficient (Wildman–Crippen LogP) is -2.61. The second-order valence-corrected chi connectivity index (χ2v) is 8.65. The third kappa shape index (κ3) is 4.91. The maximum atomic E-state index is 14.1. The van der Waals surface area contributed by atoms with Gasteiger partial charge in [-0.2, -0.15) is 0 Å². The van der Waals surface area contributed by atoms with Gasteiger partial charge in [0.2, 0.25) is 0 Å². The van der Waals surface area contributed by atoms with Crippen LogP contribution in [0.5, 0.6) is 11.5 Å². The van der Waals surface area contributed by atoms with Crippen molar-refractivity contribution < 1.29 is 27.4 Å². The van der Waals surface area contributed by atoms with E-state index in [0.717, 1.165) is 12.1 Å². The summed E-state index contributed by atoms with van der Waals surface area (Å²) in [5.41, 5.74) is -1.37. The number of carbonyl (C=O) groups is 1. The number of fused-ring (bicyclic) bond motifs is 1. The van der Waals surface area contributed by atoms with Crippen LogP contribution in [0.2, 0.25) is 0 Å². The van der Waals surface area contributed by atoms with Gasteiger partial charge in [-0.05, 0) is 34.7 Å². The monoisotopic (exact) mass is 505 g/mol. The summed E-state index contributed by atoms with van der Waals surface area (Å²) in [7, 11) is 56.0. The minimum atomic E-state index is -4.92. The molecule has 18 radical (unpaired) electrons. The number of ether oxygens (including phenoxy) is 2. The van der Waals surface area contributed by atoms with Gasteiger partial charge in [-0.1, -0.05) is 28.5 Å².